The van der Waals surface area contributed by atoms with Crippen molar-refractivity contribution in [3.63, 3.8) is 0 Å². The molecule has 10 heteroatoms. The number of pyridine rings is 2. The molecule has 1 aliphatic heterocycles. The van der Waals surface area contributed by atoms with Crippen molar-refractivity contribution in [3.8, 4) is 11.3 Å². The highest BCUT2D eigenvalue weighted by atomic mass is 35.5. The molecule has 1 amide bonds. The van der Waals surface area contributed by atoms with E-state index in [1.165, 1.54) is 12.3 Å². The van der Waals surface area contributed by atoms with Crippen LogP contribution in [-0.2, 0) is 4.79 Å². The van der Waals surface area contributed by atoms with Crippen LogP contribution < -0.4 is 4.90 Å². The zero-order valence-corrected chi connectivity index (χ0v) is 17.6. The number of nitrogens with one attached hydrogen (secondary N) is 1. The van der Waals surface area contributed by atoms with E-state index >= 15 is 0 Å². The van der Waals surface area contributed by atoms with Gasteiger partial charge in [0.15, 0.2) is 5.69 Å². The first kappa shape index (κ1) is 20.1. The number of hydrogen-bond acceptors (Lipinski definition) is 6. The number of piperazine rings is 1. The molecule has 4 heterocycles. The van der Waals surface area contributed by atoms with E-state index < -0.39 is 4.92 Å². The van der Waals surface area contributed by atoms with Gasteiger partial charge in [-0.3, -0.25) is 14.9 Å². The third-order valence-corrected chi connectivity index (χ3v) is 5.62. The number of rotatable bonds is 3. The summed E-state index contributed by atoms with van der Waals surface area (Å²) in [6.45, 7) is 6.74. The molecule has 0 aromatic carbocycles. The Morgan fingerprint density at radius 3 is 2.67 bits per heavy atom. The number of nitrogens with zero attached hydrogens (tertiary/aromatic N) is 5. The van der Waals surface area contributed by atoms with Gasteiger partial charge in [0.05, 0.1) is 9.95 Å². The molecular weight excluding hydrogens is 408 g/mol. The quantitative estimate of drug-likeness (QED) is 0.499. The summed E-state index contributed by atoms with van der Waals surface area (Å²) in [6, 6.07) is 4.85. The summed E-state index contributed by atoms with van der Waals surface area (Å²) in [5.41, 5.74) is 1.30. The summed E-state index contributed by atoms with van der Waals surface area (Å²) in [7, 11) is 0. The van der Waals surface area contributed by atoms with Crippen LogP contribution in [0.15, 0.2) is 30.6 Å². The van der Waals surface area contributed by atoms with Gasteiger partial charge in [0.2, 0.25) is 5.91 Å². The molecule has 4 rings (SSSR count). The molecule has 1 saturated heterocycles. The van der Waals surface area contributed by atoms with E-state index in [9.17, 15) is 14.9 Å². The highest BCUT2D eigenvalue weighted by Crippen LogP contribution is 2.36. The number of carbonyl (C=O) groups excluding carboxylic acids is 1. The first-order chi connectivity index (χ1) is 14.3. The van der Waals surface area contributed by atoms with Crippen LogP contribution in [0, 0.1) is 10.1 Å². The maximum Gasteiger partial charge on any atom is 0.295 e. The van der Waals surface area contributed by atoms with E-state index in [0.29, 0.717) is 40.5 Å². The van der Waals surface area contributed by atoms with Crippen LogP contribution in [0.2, 0.25) is 5.02 Å². The Balaban J connectivity index is 0.00000272. The summed E-state index contributed by atoms with van der Waals surface area (Å²) in [4.78, 5) is 39.0. The highest BCUT2D eigenvalue weighted by molar-refractivity contribution is 6.31. The summed E-state index contributed by atoms with van der Waals surface area (Å²) >= 11 is 6.09. The number of aromatic nitrogens is 3. The Kier molecular flexibility index (Phi) is 5.07. The largest absolute Gasteiger partial charge is 0.352 e. The molecule has 1 N–H and O–H groups in total. The lowest BCUT2D eigenvalue weighted by atomic mass is 10.1. The van der Waals surface area contributed by atoms with Crippen LogP contribution in [0.4, 0.5) is 11.5 Å². The van der Waals surface area contributed by atoms with Crippen molar-refractivity contribution in [2.75, 3.05) is 18.0 Å². The van der Waals surface area contributed by atoms with Gasteiger partial charge in [-0.05, 0) is 26.0 Å². The zero-order valence-electron chi connectivity index (χ0n) is 16.8. The van der Waals surface area contributed by atoms with Crippen molar-refractivity contribution in [2.45, 2.75) is 32.9 Å². The Hall–Kier alpha value is -3.20. The molecule has 1 aliphatic rings. The zero-order chi connectivity index (χ0) is 21.6. The molecule has 0 spiro atoms. The van der Waals surface area contributed by atoms with Crippen molar-refractivity contribution >= 4 is 40.0 Å². The molecule has 3 aromatic heterocycles. The smallest absolute Gasteiger partial charge is 0.295 e. The number of halogens is 1. The van der Waals surface area contributed by atoms with E-state index in [2.05, 4.69) is 19.9 Å². The normalized spacial score (nSPS) is 19.3. The minimum absolute atomic E-state index is 0. The molecule has 30 heavy (non-hydrogen) atoms. The second kappa shape index (κ2) is 7.56. The van der Waals surface area contributed by atoms with Gasteiger partial charge in [0.1, 0.15) is 11.5 Å². The molecule has 2 atom stereocenters. The standard InChI is InChI=1S/C20H21ClN6O3.H2/c1-11-9-25(10-12(2)26(11)13(3)28)18-5-4-17(27(29)30)19(24-18)16-8-23-20-15(16)6-14(21)7-22-20;/h4-8,11-12H,9-10H2,1-3H3,(H,22,23);1H/t11-,12+;. The van der Waals surface area contributed by atoms with Crippen molar-refractivity contribution < 1.29 is 11.1 Å². The van der Waals surface area contributed by atoms with E-state index in [0.717, 1.165) is 0 Å². The van der Waals surface area contributed by atoms with Crippen molar-refractivity contribution in [1.82, 2.24) is 19.9 Å². The van der Waals surface area contributed by atoms with Gasteiger partial charge < -0.3 is 14.8 Å². The molecule has 0 bridgehead atoms. The Morgan fingerprint density at radius 1 is 1.33 bits per heavy atom. The first-order valence-corrected chi connectivity index (χ1v) is 9.96. The number of H-pyrrole nitrogens is 1. The number of hydrogen-bond donors (Lipinski definition) is 1. The van der Waals surface area contributed by atoms with E-state index in [1.54, 1.807) is 25.3 Å². The molecule has 3 aromatic rings. The lowest BCUT2D eigenvalue weighted by molar-refractivity contribution is -0.384. The van der Waals surface area contributed by atoms with E-state index in [-0.39, 0.29) is 30.8 Å². The van der Waals surface area contributed by atoms with E-state index in [1.807, 2.05) is 18.7 Å². The van der Waals surface area contributed by atoms with Gasteiger partial charge in [0.25, 0.3) is 5.69 Å². The van der Waals surface area contributed by atoms with Gasteiger partial charge >= 0.3 is 0 Å². The minimum atomic E-state index is -0.443. The van der Waals surface area contributed by atoms with Gasteiger partial charge in [0, 0.05) is 62.9 Å². The van der Waals surface area contributed by atoms with E-state index in [4.69, 9.17) is 11.6 Å². The average molecular weight is 431 g/mol. The molecule has 9 nitrogen and oxygen atoms in total. The molecule has 0 saturated carbocycles. The van der Waals surface area contributed by atoms with Crippen molar-refractivity contribution in [3.05, 3.63) is 45.7 Å². The molecule has 0 unspecified atom stereocenters. The second-order valence-corrected chi connectivity index (χ2v) is 8.01. The fourth-order valence-corrected chi connectivity index (χ4v) is 4.43. The third-order valence-electron chi connectivity index (χ3n) is 5.42. The highest BCUT2D eigenvalue weighted by Gasteiger charge is 2.32. The number of nitro groups is 1. The van der Waals surface area contributed by atoms with Crippen LogP contribution in [0.5, 0.6) is 0 Å². The number of amides is 1. The van der Waals surface area contributed by atoms with Crippen LogP contribution in [0.25, 0.3) is 22.3 Å². The maximum absolute atomic E-state index is 11.9. The van der Waals surface area contributed by atoms with Gasteiger partial charge in [-0.2, -0.15) is 0 Å². The van der Waals surface area contributed by atoms with Crippen LogP contribution in [0.3, 0.4) is 0 Å². The lowest BCUT2D eigenvalue weighted by Gasteiger charge is -2.44. The van der Waals surface area contributed by atoms with Gasteiger partial charge in [-0.1, -0.05) is 11.6 Å². The minimum Gasteiger partial charge on any atom is -0.352 e. The number of fused-ring (bicyclic) bond motifs is 1. The Morgan fingerprint density at radius 2 is 2.03 bits per heavy atom. The Bertz CT molecular complexity index is 1140. The van der Waals surface area contributed by atoms with Gasteiger partial charge in [-0.25, -0.2) is 9.97 Å². The molecule has 0 aliphatic carbocycles. The first-order valence-electron chi connectivity index (χ1n) is 9.58. The fourth-order valence-electron chi connectivity index (χ4n) is 4.27. The topological polar surface area (TPSA) is 108 Å². The second-order valence-electron chi connectivity index (χ2n) is 7.58. The summed E-state index contributed by atoms with van der Waals surface area (Å²) in [6.07, 6.45) is 3.17. The predicted molar refractivity (Wildman–Crippen MR) is 117 cm³/mol. The number of anilines is 1. The maximum atomic E-state index is 11.9. The SMILES string of the molecule is CC(=O)N1[C@H](C)CN(c2ccc([N+](=O)[O-])c(-c3c[nH]c4ncc(Cl)cc34)n2)C[C@@H]1C.[HH]. The molecule has 158 valence electrons. The van der Waals surface area contributed by atoms with Crippen LogP contribution in [0.1, 0.15) is 22.2 Å². The van der Waals surface area contributed by atoms with Crippen molar-refractivity contribution in [2.24, 2.45) is 0 Å². The molecular formula is C20H23ClN6O3. The lowest BCUT2D eigenvalue weighted by Crippen LogP contribution is -2.58. The van der Waals surface area contributed by atoms with Crippen LogP contribution in [-0.4, -0.2) is 55.9 Å². The summed E-state index contributed by atoms with van der Waals surface area (Å²) < 4.78 is 0. The third kappa shape index (κ3) is 3.45. The number of aromatic amines is 1. The van der Waals surface area contributed by atoms with Gasteiger partial charge in [-0.15, -0.1) is 0 Å². The Labute approximate surface area is 179 Å². The number of carbonyl (C=O) groups is 1. The monoisotopic (exact) mass is 430 g/mol. The summed E-state index contributed by atoms with van der Waals surface area (Å²) in [5.74, 6) is 0.664. The molecule has 1 fully saturated rings. The fraction of sp³-hybridized carbons (Fsp3) is 0.350. The average Bonchev–Trinajstić information content (AvgIpc) is 3.09. The predicted octanol–water partition coefficient (Wildman–Crippen LogP) is 3.88. The summed E-state index contributed by atoms with van der Waals surface area (Å²) in [5, 5.41) is 12.8. The van der Waals surface area contributed by atoms with Crippen molar-refractivity contribution in [1.29, 1.82) is 0 Å². The molecule has 0 radical (unpaired) electrons. The van der Waals surface area contributed by atoms with Crippen LogP contribution >= 0.6 is 11.6 Å².